The summed E-state index contributed by atoms with van der Waals surface area (Å²) in [6, 6.07) is 10.3. The van der Waals surface area contributed by atoms with Gasteiger partial charge in [-0.15, -0.1) is 11.8 Å². The first kappa shape index (κ1) is 20.5. The molecule has 1 amide bonds. The molecular weight excluding hydrogens is 366 g/mol. The van der Waals surface area contributed by atoms with Crippen LogP contribution in [0, 0.1) is 13.8 Å². The molecule has 27 heavy (non-hydrogen) atoms. The maximum absolute atomic E-state index is 12.3. The zero-order valence-electron chi connectivity index (χ0n) is 15.6. The van der Waals surface area contributed by atoms with E-state index >= 15 is 0 Å². The van der Waals surface area contributed by atoms with Crippen LogP contribution in [-0.2, 0) is 14.3 Å². The Morgan fingerprint density at radius 1 is 0.926 bits per heavy atom. The van der Waals surface area contributed by atoms with E-state index in [9.17, 15) is 14.4 Å². The average Bonchev–Trinajstić information content (AvgIpc) is 2.65. The smallest absolute Gasteiger partial charge is 0.337 e. The summed E-state index contributed by atoms with van der Waals surface area (Å²) in [5, 5.41) is 2.71. The molecule has 0 spiro atoms. The number of carbonyl (C=O) groups excluding carboxylic acids is 3. The van der Waals surface area contributed by atoms with Crippen LogP contribution in [0.1, 0.15) is 31.8 Å². The Kier molecular flexibility index (Phi) is 7.01. The Hall–Kier alpha value is -2.80. The minimum Gasteiger partial charge on any atom is -0.465 e. The number of esters is 2. The fourth-order valence-electron chi connectivity index (χ4n) is 2.47. The summed E-state index contributed by atoms with van der Waals surface area (Å²) in [5.41, 5.74) is 2.89. The molecule has 1 N–H and O–H groups in total. The van der Waals surface area contributed by atoms with Crippen molar-refractivity contribution in [3.8, 4) is 0 Å². The van der Waals surface area contributed by atoms with Crippen molar-refractivity contribution in [3.05, 3.63) is 58.7 Å². The summed E-state index contributed by atoms with van der Waals surface area (Å²) in [6.45, 7) is 4.01. The van der Waals surface area contributed by atoms with Crippen molar-refractivity contribution in [2.45, 2.75) is 18.7 Å². The molecule has 7 heteroatoms. The summed E-state index contributed by atoms with van der Waals surface area (Å²) in [5.74, 6) is -1.28. The molecular formula is C20H21NO5S. The van der Waals surface area contributed by atoms with Gasteiger partial charge in [0.05, 0.1) is 31.1 Å². The van der Waals surface area contributed by atoms with E-state index < -0.39 is 11.9 Å². The van der Waals surface area contributed by atoms with E-state index in [4.69, 9.17) is 0 Å². The number of hydrogen-bond acceptors (Lipinski definition) is 6. The average molecular weight is 387 g/mol. The predicted molar refractivity (Wildman–Crippen MR) is 104 cm³/mol. The van der Waals surface area contributed by atoms with Gasteiger partial charge >= 0.3 is 11.9 Å². The lowest BCUT2D eigenvalue weighted by Crippen LogP contribution is -2.16. The van der Waals surface area contributed by atoms with E-state index in [0.717, 1.165) is 16.0 Å². The highest BCUT2D eigenvalue weighted by Crippen LogP contribution is 2.24. The highest BCUT2D eigenvalue weighted by atomic mass is 32.2. The van der Waals surface area contributed by atoms with Crippen LogP contribution < -0.4 is 5.32 Å². The third-order valence-electron chi connectivity index (χ3n) is 3.75. The van der Waals surface area contributed by atoms with Crippen LogP contribution in [-0.4, -0.2) is 37.8 Å². The van der Waals surface area contributed by atoms with Gasteiger partial charge in [-0.3, -0.25) is 4.79 Å². The van der Waals surface area contributed by atoms with Gasteiger partial charge in [-0.1, -0.05) is 17.7 Å². The quantitative estimate of drug-likeness (QED) is 0.602. The van der Waals surface area contributed by atoms with Crippen LogP contribution in [0.4, 0.5) is 5.69 Å². The highest BCUT2D eigenvalue weighted by Gasteiger charge is 2.15. The van der Waals surface area contributed by atoms with Gasteiger partial charge in [-0.25, -0.2) is 9.59 Å². The van der Waals surface area contributed by atoms with E-state index in [2.05, 4.69) is 20.9 Å². The van der Waals surface area contributed by atoms with Crippen LogP contribution in [0.2, 0.25) is 0 Å². The molecule has 0 aliphatic rings. The third-order valence-corrected chi connectivity index (χ3v) is 4.92. The molecule has 0 heterocycles. The van der Waals surface area contributed by atoms with Crippen molar-refractivity contribution in [3.63, 3.8) is 0 Å². The summed E-state index contributed by atoms with van der Waals surface area (Å²) in [6.07, 6.45) is 0. The summed E-state index contributed by atoms with van der Waals surface area (Å²) < 4.78 is 9.37. The molecule has 0 radical (unpaired) electrons. The van der Waals surface area contributed by atoms with Crippen molar-refractivity contribution in [1.29, 1.82) is 0 Å². The normalized spacial score (nSPS) is 10.2. The molecule has 0 aliphatic carbocycles. The number of aryl methyl sites for hydroxylation is 2. The molecule has 142 valence electrons. The minimum absolute atomic E-state index is 0.151. The van der Waals surface area contributed by atoms with Crippen LogP contribution in [0.5, 0.6) is 0 Å². The first-order valence-corrected chi connectivity index (χ1v) is 9.14. The zero-order chi connectivity index (χ0) is 20.0. The lowest BCUT2D eigenvalue weighted by molar-refractivity contribution is -0.113. The number of thioether (sulfide) groups is 1. The second kappa shape index (κ2) is 9.23. The van der Waals surface area contributed by atoms with E-state index in [1.165, 1.54) is 44.2 Å². The van der Waals surface area contributed by atoms with Gasteiger partial charge in [-0.05, 0) is 43.7 Å². The molecule has 0 aliphatic heterocycles. The lowest BCUT2D eigenvalue weighted by Gasteiger charge is -2.10. The van der Waals surface area contributed by atoms with Gasteiger partial charge in [0.25, 0.3) is 0 Å². The number of carbonyl (C=O) groups is 3. The summed E-state index contributed by atoms with van der Waals surface area (Å²) in [7, 11) is 2.48. The molecule has 0 saturated heterocycles. The predicted octanol–water partition coefficient (Wildman–Crippen LogP) is 3.61. The molecule has 6 nitrogen and oxygen atoms in total. The van der Waals surface area contributed by atoms with E-state index in [1.807, 2.05) is 26.0 Å². The lowest BCUT2D eigenvalue weighted by atomic mass is 10.1. The van der Waals surface area contributed by atoms with Crippen LogP contribution in [0.25, 0.3) is 0 Å². The van der Waals surface area contributed by atoms with Crippen molar-refractivity contribution < 1.29 is 23.9 Å². The second-order valence-electron chi connectivity index (χ2n) is 5.89. The highest BCUT2D eigenvalue weighted by molar-refractivity contribution is 8.00. The molecule has 2 aromatic rings. The fourth-order valence-corrected chi connectivity index (χ4v) is 3.28. The molecule has 2 aromatic carbocycles. The van der Waals surface area contributed by atoms with Gasteiger partial charge < -0.3 is 14.8 Å². The largest absolute Gasteiger partial charge is 0.465 e. The molecule has 0 aromatic heterocycles. The second-order valence-corrected chi connectivity index (χ2v) is 6.91. The number of ether oxygens (including phenoxy) is 2. The van der Waals surface area contributed by atoms with Crippen molar-refractivity contribution in [2.24, 2.45) is 0 Å². The maximum Gasteiger partial charge on any atom is 0.337 e. The third kappa shape index (κ3) is 5.59. The van der Waals surface area contributed by atoms with Crippen molar-refractivity contribution in [1.82, 2.24) is 0 Å². The molecule has 0 fully saturated rings. The molecule has 0 atom stereocenters. The topological polar surface area (TPSA) is 81.7 Å². The van der Waals surface area contributed by atoms with E-state index in [-0.39, 0.29) is 22.8 Å². The standard InChI is InChI=1S/C20H21NO5S/c1-12-5-6-17(13(2)7-12)27-11-18(22)21-16-9-14(19(23)25-3)8-15(10-16)20(24)26-4/h5-10H,11H2,1-4H3,(H,21,22). The van der Waals surface area contributed by atoms with Crippen molar-refractivity contribution >= 4 is 35.3 Å². The Bertz CT molecular complexity index is 844. The Balaban J connectivity index is 2.13. The zero-order valence-corrected chi connectivity index (χ0v) is 16.4. The first-order chi connectivity index (χ1) is 12.8. The number of hydrogen-bond donors (Lipinski definition) is 1. The van der Waals surface area contributed by atoms with Gasteiger partial charge in [0.15, 0.2) is 0 Å². The SMILES string of the molecule is COC(=O)c1cc(NC(=O)CSc2ccc(C)cc2C)cc(C(=O)OC)c1. The van der Waals surface area contributed by atoms with Gasteiger partial charge in [0.2, 0.25) is 5.91 Å². The number of nitrogens with one attached hydrogen (secondary N) is 1. The summed E-state index contributed by atoms with van der Waals surface area (Å²) >= 11 is 1.42. The Morgan fingerprint density at radius 2 is 1.52 bits per heavy atom. The van der Waals surface area contributed by atoms with Gasteiger partial charge in [0.1, 0.15) is 0 Å². The Morgan fingerprint density at radius 3 is 2.04 bits per heavy atom. The number of benzene rings is 2. The summed E-state index contributed by atoms with van der Waals surface area (Å²) in [4.78, 5) is 36.9. The number of methoxy groups -OCH3 is 2. The fraction of sp³-hybridized carbons (Fsp3) is 0.250. The molecule has 0 saturated carbocycles. The van der Waals surface area contributed by atoms with Crippen LogP contribution in [0.15, 0.2) is 41.3 Å². The first-order valence-electron chi connectivity index (χ1n) is 8.15. The molecule has 0 unspecified atom stereocenters. The Labute approximate surface area is 162 Å². The number of amides is 1. The van der Waals surface area contributed by atoms with Gasteiger partial charge in [0, 0.05) is 10.6 Å². The number of anilines is 1. The maximum atomic E-state index is 12.3. The van der Waals surface area contributed by atoms with Crippen molar-refractivity contribution in [2.75, 3.05) is 25.3 Å². The van der Waals surface area contributed by atoms with Gasteiger partial charge in [-0.2, -0.15) is 0 Å². The molecule has 2 rings (SSSR count). The van der Waals surface area contributed by atoms with E-state index in [0.29, 0.717) is 5.69 Å². The van der Waals surface area contributed by atoms with Crippen LogP contribution in [0.3, 0.4) is 0 Å². The number of rotatable bonds is 6. The molecule has 0 bridgehead atoms. The van der Waals surface area contributed by atoms with E-state index in [1.54, 1.807) is 0 Å². The minimum atomic E-state index is -0.610. The monoisotopic (exact) mass is 387 g/mol. The van der Waals surface area contributed by atoms with Crippen LogP contribution >= 0.6 is 11.8 Å².